The van der Waals surface area contributed by atoms with E-state index in [0.717, 1.165) is 43.6 Å². The van der Waals surface area contributed by atoms with E-state index in [1.54, 1.807) is 0 Å². The Labute approximate surface area is 195 Å². The molecule has 2 aromatic rings. The third kappa shape index (κ3) is 5.81. The smallest absolute Gasteiger partial charge is 0.303 e. The van der Waals surface area contributed by atoms with Crippen LogP contribution in [0.2, 0.25) is 0 Å². The number of aryl methyl sites for hydroxylation is 1. The highest BCUT2D eigenvalue weighted by atomic mass is 16.4. The summed E-state index contributed by atoms with van der Waals surface area (Å²) in [7, 11) is 0. The van der Waals surface area contributed by atoms with Crippen molar-refractivity contribution in [2.24, 2.45) is 11.0 Å². The number of nitrogens with one attached hydrogen (secondary N) is 1. The van der Waals surface area contributed by atoms with E-state index in [1.807, 2.05) is 48.7 Å². The Bertz CT molecular complexity index is 1010. The highest BCUT2D eigenvalue weighted by molar-refractivity contribution is 6.04. The largest absolute Gasteiger partial charge is 0.481 e. The molecule has 2 N–H and O–H groups in total. The zero-order valence-electron chi connectivity index (χ0n) is 19.3. The molecular weight excluding hydrogens is 414 g/mol. The summed E-state index contributed by atoms with van der Waals surface area (Å²) in [5, 5.41) is 18.9. The van der Waals surface area contributed by atoms with E-state index in [-0.39, 0.29) is 24.2 Å². The van der Waals surface area contributed by atoms with Crippen LogP contribution in [0.25, 0.3) is 0 Å². The van der Waals surface area contributed by atoms with Gasteiger partial charge in [0.1, 0.15) is 0 Å². The summed E-state index contributed by atoms with van der Waals surface area (Å²) < 4.78 is 0. The molecule has 6 nitrogen and oxygen atoms in total. The molecule has 2 unspecified atom stereocenters. The van der Waals surface area contributed by atoms with Crippen LogP contribution in [0.1, 0.15) is 78.4 Å². The van der Waals surface area contributed by atoms with Gasteiger partial charge in [-0.1, -0.05) is 25.1 Å². The molecule has 0 spiro atoms. The third-order valence-corrected chi connectivity index (χ3v) is 6.91. The number of hydrazone groups is 1. The zero-order valence-corrected chi connectivity index (χ0v) is 19.3. The standard InChI is InChI=1S/C27H33N3O3/c1-2-24-21(17-26(31)32)9-8-20-16-22(10-13-25(20)24)27(33)29-23-11-6-19(7-12-23)18-28-30-14-4-3-5-15-30/h6-7,10-13,16,18,21,24H,2-5,8-9,14-15,17H2,1H3,(H,29,33)(H,31,32). The Morgan fingerprint density at radius 1 is 1.12 bits per heavy atom. The molecule has 0 saturated carbocycles. The van der Waals surface area contributed by atoms with Crippen LogP contribution in [-0.2, 0) is 11.2 Å². The van der Waals surface area contributed by atoms with E-state index in [4.69, 9.17) is 0 Å². The Hall–Kier alpha value is -3.15. The molecule has 0 radical (unpaired) electrons. The van der Waals surface area contributed by atoms with Gasteiger partial charge in [0.2, 0.25) is 0 Å². The first kappa shape index (κ1) is 23.0. The normalized spacial score (nSPS) is 20.5. The van der Waals surface area contributed by atoms with Crippen molar-refractivity contribution in [2.75, 3.05) is 18.4 Å². The highest BCUT2D eigenvalue weighted by Gasteiger charge is 2.30. The van der Waals surface area contributed by atoms with E-state index in [0.29, 0.717) is 5.56 Å². The van der Waals surface area contributed by atoms with Crippen LogP contribution in [0.5, 0.6) is 0 Å². The molecule has 6 heteroatoms. The fourth-order valence-electron chi connectivity index (χ4n) is 5.14. The van der Waals surface area contributed by atoms with Crippen molar-refractivity contribution >= 4 is 23.8 Å². The lowest BCUT2D eigenvalue weighted by Crippen LogP contribution is -2.24. The van der Waals surface area contributed by atoms with Gasteiger partial charge in [-0.05, 0) is 91.3 Å². The first-order valence-electron chi connectivity index (χ1n) is 12.1. The Balaban J connectivity index is 1.39. The van der Waals surface area contributed by atoms with E-state index >= 15 is 0 Å². The fraction of sp³-hybridized carbons (Fsp3) is 0.444. The van der Waals surface area contributed by atoms with Crippen molar-refractivity contribution in [3.63, 3.8) is 0 Å². The van der Waals surface area contributed by atoms with Crippen molar-refractivity contribution in [1.29, 1.82) is 0 Å². The lowest BCUT2D eigenvalue weighted by Gasteiger charge is -2.32. The van der Waals surface area contributed by atoms with Crippen molar-refractivity contribution in [2.45, 2.75) is 57.8 Å². The number of carboxylic acid groups (broad SMARTS) is 1. The van der Waals surface area contributed by atoms with E-state index in [1.165, 1.54) is 30.4 Å². The molecule has 1 aliphatic heterocycles. The summed E-state index contributed by atoms with van der Waals surface area (Å²) in [5.41, 5.74) is 4.76. The number of anilines is 1. The van der Waals surface area contributed by atoms with Gasteiger partial charge in [-0.15, -0.1) is 0 Å². The lowest BCUT2D eigenvalue weighted by molar-refractivity contribution is -0.138. The van der Waals surface area contributed by atoms with Crippen LogP contribution in [-0.4, -0.2) is 41.3 Å². The predicted octanol–water partition coefficient (Wildman–Crippen LogP) is 5.29. The topological polar surface area (TPSA) is 82.0 Å². The van der Waals surface area contributed by atoms with Crippen LogP contribution in [0.15, 0.2) is 47.6 Å². The zero-order chi connectivity index (χ0) is 23.2. The minimum absolute atomic E-state index is 0.131. The Morgan fingerprint density at radius 3 is 2.58 bits per heavy atom. The van der Waals surface area contributed by atoms with Gasteiger partial charge in [-0.2, -0.15) is 5.10 Å². The van der Waals surface area contributed by atoms with Crippen molar-refractivity contribution in [3.05, 3.63) is 64.7 Å². The van der Waals surface area contributed by atoms with Gasteiger partial charge in [0.15, 0.2) is 0 Å². The second-order valence-corrected chi connectivity index (χ2v) is 9.16. The quantitative estimate of drug-likeness (QED) is 0.565. The maximum atomic E-state index is 12.9. The summed E-state index contributed by atoms with van der Waals surface area (Å²) in [6.07, 6.45) is 8.35. The van der Waals surface area contributed by atoms with E-state index < -0.39 is 5.97 Å². The number of benzene rings is 2. The molecule has 1 aliphatic carbocycles. The second kappa shape index (κ2) is 10.6. The van der Waals surface area contributed by atoms with Gasteiger partial charge < -0.3 is 10.4 Å². The molecule has 0 aromatic heterocycles. The van der Waals surface area contributed by atoms with Crippen molar-refractivity contribution < 1.29 is 14.7 Å². The monoisotopic (exact) mass is 447 g/mol. The number of hydrogen-bond acceptors (Lipinski definition) is 4. The van der Waals surface area contributed by atoms with Crippen LogP contribution in [0, 0.1) is 5.92 Å². The summed E-state index contributed by atoms with van der Waals surface area (Å²) in [6, 6.07) is 13.6. The summed E-state index contributed by atoms with van der Waals surface area (Å²) >= 11 is 0. The predicted molar refractivity (Wildman–Crippen MR) is 131 cm³/mol. The molecule has 1 saturated heterocycles. The summed E-state index contributed by atoms with van der Waals surface area (Å²) in [5.74, 6) is -0.465. The Kier molecular flexibility index (Phi) is 7.43. The molecule has 174 valence electrons. The molecule has 33 heavy (non-hydrogen) atoms. The number of hydrogen-bond donors (Lipinski definition) is 2. The fourth-order valence-corrected chi connectivity index (χ4v) is 5.14. The van der Waals surface area contributed by atoms with Gasteiger partial charge in [0, 0.05) is 30.8 Å². The molecule has 0 bridgehead atoms. The van der Waals surface area contributed by atoms with Gasteiger partial charge in [-0.25, -0.2) is 0 Å². The third-order valence-electron chi connectivity index (χ3n) is 6.91. The number of amides is 1. The number of nitrogens with zero attached hydrogens (tertiary/aromatic N) is 2. The number of fused-ring (bicyclic) bond motifs is 1. The van der Waals surface area contributed by atoms with Crippen LogP contribution in [0.4, 0.5) is 5.69 Å². The van der Waals surface area contributed by atoms with Crippen LogP contribution < -0.4 is 5.32 Å². The van der Waals surface area contributed by atoms with Crippen LogP contribution in [0.3, 0.4) is 0 Å². The van der Waals surface area contributed by atoms with Gasteiger partial charge in [0.05, 0.1) is 6.21 Å². The maximum absolute atomic E-state index is 12.9. The Morgan fingerprint density at radius 2 is 1.88 bits per heavy atom. The second-order valence-electron chi connectivity index (χ2n) is 9.16. The first-order valence-corrected chi connectivity index (χ1v) is 12.1. The number of rotatable bonds is 7. The number of carbonyl (C=O) groups excluding carboxylic acids is 1. The maximum Gasteiger partial charge on any atom is 0.303 e. The van der Waals surface area contributed by atoms with Crippen molar-refractivity contribution in [1.82, 2.24) is 5.01 Å². The first-order chi connectivity index (χ1) is 16.0. The van der Waals surface area contributed by atoms with Crippen LogP contribution >= 0.6 is 0 Å². The molecule has 1 heterocycles. The average molecular weight is 448 g/mol. The van der Waals surface area contributed by atoms with Gasteiger partial charge in [0.25, 0.3) is 5.91 Å². The molecule has 2 aliphatic rings. The number of carboxylic acids is 1. The van der Waals surface area contributed by atoms with Gasteiger partial charge >= 0.3 is 5.97 Å². The van der Waals surface area contributed by atoms with Gasteiger partial charge in [-0.3, -0.25) is 14.6 Å². The minimum atomic E-state index is -0.735. The van der Waals surface area contributed by atoms with E-state index in [9.17, 15) is 14.7 Å². The summed E-state index contributed by atoms with van der Waals surface area (Å²) in [6.45, 7) is 4.14. The molecule has 2 atom stereocenters. The number of carbonyl (C=O) groups is 2. The lowest BCUT2D eigenvalue weighted by atomic mass is 9.72. The molecule has 1 amide bonds. The SMILES string of the molecule is CCC1c2ccc(C(=O)Nc3ccc(C=NN4CCCCC4)cc3)cc2CCC1CC(=O)O. The average Bonchev–Trinajstić information content (AvgIpc) is 2.83. The molecular formula is C27H33N3O3. The molecule has 4 rings (SSSR count). The molecule has 1 fully saturated rings. The number of piperidine rings is 1. The minimum Gasteiger partial charge on any atom is -0.481 e. The number of aliphatic carboxylic acids is 1. The molecule has 2 aromatic carbocycles. The van der Waals surface area contributed by atoms with Crippen molar-refractivity contribution in [3.8, 4) is 0 Å². The van der Waals surface area contributed by atoms with E-state index in [2.05, 4.69) is 22.4 Å². The highest BCUT2D eigenvalue weighted by Crippen LogP contribution is 2.40. The summed E-state index contributed by atoms with van der Waals surface area (Å²) in [4.78, 5) is 24.1.